The molecule has 5 aliphatic rings. The monoisotopic (exact) mass is 385 g/mol. The molecule has 27 heavy (non-hydrogen) atoms. The lowest BCUT2D eigenvalue weighted by molar-refractivity contribution is -0.145. The van der Waals surface area contributed by atoms with Crippen LogP contribution in [0.25, 0.3) is 0 Å². The van der Waals surface area contributed by atoms with Crippen molar-refractivity contribution in [1.82, 2.24) is 0 Å². The molecular weight excluding hydrogens is 354 g/mol. The third-order valence-corrected chi connectivity index (χ3v) is 7.70. The Morgan fingerprint density at radius 2 is 1.59 bits per heavy atom. The predicted octanol–water partition coefficient (Wildman–Crippen LogP) is 5.65. The van der Waals surface area contributed by atoms with E-state index in [1.54, 1.807) is 0 Å². The van der Waals surface area contributed by atoms with Crippen molar-refractivity contribution < 1.29 is 4.79 Å². The minimum Gasteiger partial charge on any atom is -0.298 e. The average molecular weight is 386 g/mol. The molecule has 4 fully saturated rings. The molecule has 0 spiro atoms. The largest absolute Gasteiger partial charge is 0.298 e. The molecule has 4 bridgehead atoms. The molecular formula is C24H32ClNO. The fourth-order valence-corrected chi connectivity index (χ4v) is 7.14. The van der Waals surface area contributed by atoms with Crippen LogP contribution in [0.5, 0.6) is 0 Å². The van der Waals surface area contributed by atoms with Crippen LogP contribution in [0.3, 0.4) is 0 Å². The maximum Gasteiger partial charge on any atom is 0.147 e. The van der Waals surface area contributed by atoms with E-state index >= 15 is 0 Å². The lowest BCUT2D eigenvalue weighted by atomic mass is 9.47. The number of carbonyl (C=O) groups excluding carboxylic acids is 1. The van der Waals surface area contributed by atoms with Crippen molar-refractivity contribution in [2.24, 2.45) is 34.1 Å². The second kappa shape index (κ2) is 6.44. The number of hydrogen-bond donors (Lipinski definition) is 0. The summed E-state index contributed by atoms with van der Waals surface area (Å²) in [6, 6.07) is 8.60. The van der Waals surface area contributed by atoms with Gasteiger partial charge in [-0.3, -0.25) is 9.79 Å². The summed E-state index contributed by atoms with van der Waals surface area (Å²) in [6.07, 6.45) is 8.58. The van der Waals surface area contributed by atoms with Crippen molar-refractivity contribution in [1.29, 1.82) is 0 Å². The van der Waals surface area contributed by atoms with Crippen molar-refractivity contribution in [3.63, 3.8) is 0 Å². The maximum absolute atomic E-state index is 13.8. The standard InChI is InChI=1S/C24H31NO.ClH/c1-15(21-20-7-5-4-6-19(20)14-23(2,3)25-21)22(26)24-11-16-8-17(12-24)10-18(9-16)13-24;/h4-7,15-18H,8-14H2,1-3H3;1H. The Hall–Kier alpha value is -1.15. The molecule has 4 aliphatic carbocycles. The Kier molecular flexibility index (Phi) is 4.57. The van der Waals surface area contributed by atoms with Crippen LogP contribution in [0, 0.1) is 29.1 Å². The van der Waals surface area contributed by atoms with Crippen molar-refractivity contribution in [2.75, 3.05) is 0 Å². The summed E-state index contributed by atoms with van der Waals surface area (Å²) in [7, 11) is 0. The second-order valence-corrected chi connectivity index (χ2v) is 10.4. The minimum absolute atomic E-state index is 0. The predicted molar refractivity (Wildman–Crippen MR) is 113 cm³/mol. The van der Waals surface area contributed by atoms with Crippen molar-refractivity contribution in [2.45, 2.75) is 71.3 Å². The molecule has 3 heteroatoms. The summed E-state index contributed by atoms with van der Waals surface area (Å²) < 4.78 is 0. The number of halogens is 1. The molecule has 0 N–H and O–H groups in total. The van der Waals surface area contributed by atoms with E-state index in [1.165, 1.54) is 30.4 Å². The number of aliphatic imine (C=N–C) groups is 1. The zero-order valence-corrected chi connectivity index (χ0v) is 17.6. The Balaban J connectivity index is 0.00000180. The number of benzene rings is 1. The lowest BCUT2D eigenvalue weighted by Gasteiger charge is -2.56. The van der Waals surface area contributed by atoms with Crippen LogP contribution in [0.2, 0.25) is 0 Å². The molecule has 146 valence electrons. The molecule has 1 atom stereocenters. The molecule has 0 saturated heterocycles. The molecule has 1 unspecified atom stereocenters. The number of rotatable bonds is 3. The van der Waals surface area contributed by atoms with Gasteiger partial charge in [-0.2, -0.15) is 0 Å². The summed E-state index contributed by atoms with van der Waals surface area (Å²) in [6.45, 7) is 6.54. The molecule has 4 saturated carbocycles. The quantitative estimate of drug-likeness (QED) is 0.660. The number of ketones is 1. The van der Waals surface area contributed by atoms with Crippen LogP contribution >= 0.6 is 12.4 Å². The fraction of sp³-hybridized carbons (Fsp3) is 0.667. The first-order chi connectivity index (χ1) is 12.4. The van der Waals surface area contributed by atoms with Gasteiger partial charge in [-0.15, -0.1) is 12.4 Å². The van der Waals surface area contributed by atoms with Crippen LogP contribution < -0.4 is 0 Å². The van der Waals surface area contributed by atoms with E-state index in [1.807, 2.05) is 0 Å². The van der Waals surface area contributed by atoms with E-state index < -0.39 is 0 Å². The summed E-state index contributed by atoms with van der Waals surface area (Å²) in [5.74, 6) is 2.87. The first-order valence-corrected chi connectivity index (χ1v) is 10.6. The SMILES string of the molecule is CC(C(=O)C12CC3CC(CC(C3)C1)C2)C1=NC(C)(C)Cc2ccccc21.Cl. The molecule has 0 amide bonds. The number of Topliss-reactive ketones (excluding diaryl/α,β-unsaturated/α-hetero) is 1. The van der Waals surface area contributed by atoms with E-state index in [2.05, 4.69) is 45.0 Å². The van der Waals surface area contributed by atoms with Crippen molar-refractivity contribution in [3.05, 3.63) is 35.4 Å². The van der Waals surface area contributed by atoms with Gasteiger partial charge in [0, 0.05) is 5.41 Å². The molecule has 0 radical (unpaired) electrons. The zero-order chi connectivity index (χ0) is 18.1. The number of hydrogen-bond acceptors (Lipinski definition) is 2. The van der Waals surface area contributed by atoms with Gasteiger partial charge in [0.05, 0.1) is 17.2 Å². The molecule has 2 nitrogen and oxygen atoms in total. The third kappa shape index (κ3) is 3.09. The van der Waals surface area contributed by atoms with Crippen molar-refractivity contribution >= 4 is 23.9 Å². The topological polar surface area (TPSA) is 29.4 Å². The van der Waals surface area contributed by atoms with E-state index in [4.69, 9.17) is 4.99 Å². The van der Waals surface area contributed by atoms with E-state index in [0.29, 0.717) is 5.78 Å². The molecule has 1 aromatic carbocycles. The third-order valence-electron chi connectivity index (χ3n) is 7.70. The smallest absolute Gasteiger partial charge is 0.147 e. The highest BCUT2D eigenvalue weighted by molar-refractivity contribution is 6.16. The average Bonchev–Trinajstić information content (AvgIpc) is 2.57. The van der Waals surface area contributed by atoms with Gasteiger partial charge < -0.3 is 0 Å². The number of carbonyl (C=O) groups is 1. The maximum atomic E-state index is 13.8. The highest BCUT2D eigenvalue weighted by atomic mass is 35.5. The van der Waals surface area contributed by atoms with Crippen LogP contribution in [-0.4, -0.2) is 17.0 Å². The molecule has 1 heterocycles. The van der Waals surface area contributed by atoms with Gasteiger partial charge in [0.15, 0.2) is 0 Å². The van der Waals surface area contributed by atoms with Crippen LogP contribution in [-0.2, 0) is 11.2 Å². The first-order valence-electron chi connectivity index (χ1n) is 10.6. The molecule has 1 aliphatic heterocycles. The van der Waals surface area contributed by atoms with Gasteiger partial charge in [-0.25, -0.2) is 0 Å². The Bertz CT molecular complexity index is 758. The van der Waals surface area contributed by atoms with Gasteiger partial charge in [-0.1, -0.05) is 24.3 Å². The van der Waals surface area contributed by atoms with Gasteiger partial charge >= 0.3 is 0 Å². The highest BCUT2D eigenvalue weighted by Gasteiger charge is 2.55. The lowest BCUT2D eigenvalue weighted by Crippen LogP contribution is -2.52. The summed E-state index contributed by atoms with van der Waals surface area (Å²) >= 11 is 0. The van der Waals surface area contributed by atoms with Gasteiger partial charge in [0.25, 0.3) is 0 Å². The zero-order valence-electron chi connectivity index (χ0n) is 16.8. The first kappa shape index (κ1) is 19.2. The molecule has 0 aromatic heterocycles. The van der Waals surface area contributed by atoms with E-state index in [0.717, 1.165) is 49.1 Å². The summed E-state index contributed by atoms with van der Waals surface area (Å²) in [5.41, 5.74) is 3.48. The number of nitrogens with zero attached hydrogens (tertiary/aromatic N) is 1. The van der Waals surface area contributed by atoms with Crippen LogP contribution in [0.4, 0.5) is 0 Å². The Morgan fingerprint density at radius 3 is 2.19 bits per heavy atom. The van der Waals surface area contributed by atoms with Crippen molar-refractivity contribution in [3.8, 4) is 0 Å². The van der Waals surface area contributed by atoms with Gasteiger partial charge in [-0.05, 0) is 94.6 Å². The van der Waals surface area contributed by atoms with Gasteiger partial charge in [0.1, 0.15) is 5.78 Å². The van der Waals surface area contributed by atoms with Crippen LogP contribution in [0.15, 0.2) is 29.3 Å². The fourth-order valence-electron chi connectivity index (χ4n) is 7.14. The Labute approximate surface area is 169 Å². The Morgan fingerprint density at radius 1 is 1.04 bits per heavy atom. The number of fused-ring (bicyclic) bond motifs is 1. The van der Waals surface area contributed by atoms with E-state index in [9.17, 15) is 4.79 Å². The van der Waals surface area contributed by atoms with Crippen LogP contribution in [0.1, 0.15) is 70.4 Å². The van der Waals surface area contributed by atoms with Gasteiger partial charge in [0.2, 0.25) is 0 Å². The molecule has 6 rings (SSSR count). The summed E-state index contributed by atoms with van der Waals surface area (Å²) in [5, 5.41) is 0. The molecule has 1 aromatic rings. The second-order valence-electron chi connectivity index (χ2n) is 10.4. The minimum atomic E-state index is -0.111. The van der Waals surface area contributed by atoms with E-state index in [-0.39, 0.29) is 29.3 Å². The summed E-state index contributed by atoms with van der Waals surface area (Å²) in [4.78, 5) is 18.9. The highest BCUT2D eigenvalue weighted by Crippen LogP contribution is 2.61. The normalized spacial score (nSPS) is 36.4.